The van der Waals surface area contributed by atoms with E-state index in [2.05, 4.69) is 35.8 Å². The van der Waals surface area contributed by atoms with Crippen LogP contribution in [0.25, 0.3) is 10.8 Å². The molecule has 0 saturated heterocycles. The average Bonchev–Trinajstić information content (AvgIpc) is 2.92. The SMILES string of the molecule is Nc1c(N=Nc2ccc(Nc3nc(Cl)nc(Nc4cccc(S(=O)(=O)O)c4)n3)cc2)c(S(=O)(=O)O)cc2cccc(O)c12. The highest BCUT2D eigenvalue weighted by molar-refractivity contribution is 7.86. The zero-order chi connectivity index (χ0) is 30.9. The molecule has 220 valence electrons. The van der Waals surface area contributed by atoms with Crippen LogP contribution in [0.3, 0.4) is 0 Å². The molecule has 0 saturated carbocycles. The van der Waals surface area contributed by atoms with Crippen molar-refractivity contribution in [3.63, 3.8) is 0 Å². The molecule has 15 nitrogen and oxygen atoms in total. The van der Waals surface area contributed by atoms with Gasteiger partial charge in [-0.15, -0.1) is 5.11 Å². The Bertz CT molecular complexity index is 2130. The number of anilines is 5. The van der Waals surface area contributed by atoms with Crippen LogP contribution in [0.2, 0.25) is 5.28 Å². The smallest absolute Gasteiger partial charge is 0.296 e. The number of halogens is 1. The molecule has 1 heterocycles. The van der Waals surface area contributed by atoms with Crippen molar-refractivity contribution >= 4 is 82.9 Å². The van der Waals surface area contributed by atoms with E-state index in [0.29, 0.717) is 5.69 Å². The molecule has 43 heavy (non-hydrogen) atoms. The Morgan fingerprint density at radius 2 is 1.42 bits per heavy atom. The maximum atomic E-state index is 12.0. The van der Waals surface area contributed by atoms with Crippen LogP contribution in [0.1, 0.15) is 0 Å². The van der Waals surface area contributed by atoms with Gasteiger partial charge >= 0.3 is 0 Å². The van der Waals surface area contributed by atoms with Gasteiger partial charge in [0.15, 0.2) is 0 Å². The van der Waals surface area contributed by atoms with E-state index in [-0.39, 0.29) is 61.3 Å². The van der Waals surface area contributed by atoms with E-state index in [1.54, 1.807) is 12.1 Å². The van der Waals surface area contributed by atoms with Crippen molar-refractivity contribution < 1.29 is 31.0 Å². The van der Waals surface area contributed by atoms with Crippen LogP contribution in [0.15, 0.2) is 92.8 Å². The van der Waals surface area contributed by atoms with E-state index in [1.165, 1.54) is 54.6 Å². The highest BCUT2D eigenvalue weighted by Crippen LogP contribution is 2.41. The molecule has 0 bridgehead atoms. The van der Waals surface area contributed by atoms with Gasteiger partial charge in [0.1, 0.15) is 16.3 Å². The lowest BCUT2D eigenvalue weighted by Gasteiger charge is -2.11. The number of nitrogen functional groups attached to an aromatic ring is 1. The molecule has 4 aromatic carbocycles. The highest BCUT2D eigenvalue weighted by atomic mass is 35.5. The zero-order valence-electron chi connectivity index (χ0n) is 21.4. The van der Waals surface area contributed by atoms with Crippen molar-refractivity contribution in [1.82, 2.24) is 15.0 Å². The summed E-state index contributed by atoms with van der Waals surface area (Å²) in [5.74, 6) is -0.189. The number of phenols is 1. The number of fused-ring (bicyclic) bond motifs is 1. The lowest BCUT2D eigenvalue weighted by atomic mass is 10.1. The van der Waals surface area contributed by atoms with Gasteiger partial charge in [-0.3, -0.25) is 9.11 Å². The lowest BCUT2D eigenvalue weighted by molar-refractivity contribution is 0.480. The Balaban J connectivity index is 1.38. The average molecular weight is 643 g/mol. The third kappa shape index (κ3) is 6.76. The van der Waals surface area contributed by atoms with Gasteiger partial charge in [0.25, 0.3) is 20.2 Å². The summed E-state index contributed by atoms with van der Waals surface area (Å²) in [5.41, 5.74) is 6.60. The van der Waals surface area contributed by atoms with Gasteiger partial charge in [0.05, 0.1) is 16.3 Å². The third-order valence-electron chi connectivity index (χ3n) is 5.78. The van der Waals surface area contributed by atoms with Crippen LogP contribution in [-0.2, 0) is 20.2 Å². The molecule has 0 unspecified atom stereocenters. The number of phenolic OH excluding ortho intramolecular Hbond substituents is 1. The van der Waals surface area contributed by atoms with Crippen LogP contribution in [0.5, 0.6) is 5.75 Å². The summed E-state index contributed by atoms with van der Waals surface area (Å²) >= 11 is 6.02. The fourth-order valence-corrected chi connectivity index (χ4v) is 5.26. The summed E-state index contributed by atoms with van der Waals surface area (Å²) in [6, 6.07) is 17.1. The number of nitrogens with zero attached hydrogens (tertiary/aromatic N) is 5. The minimum Gasteiger partial charge on any atom is -0.507 e. The molecule has 5 rings (SSSR count). The van der Waals surface area contributed by atoms with E-state index in [0.717, 1.165) is 6.07 Å². The summed E-state index contributed by atoms with van der Waals surface area (Å²) < 4.78 is 65.9. The number of aromatic nitrogens is 3. The van der Waals surface area contributed by atoms with Gasteiger partial charge in [0.2, 0.25) is 17.2 Å². The predicted octanol–water partition coefficient (Wildman–Crippen LogP) is 5.36. The van der Waals surface area contributed by atoms with Crippen molar-refractivity contribution in [2.24, 2.45) is 10.2 Å². The molecule has 0 aliphatic heterocycles. The Labute approximate surface area is 248 Å². The molecule has 0 spiro atoms. The number of benzene rings is 4. The summed E-state index contributed by atoms with van der Waals surface area (Å²) in [5, 5.41) is 24.2. The molecule has 0 radical (unpaired) electrons. The molecule has 0 aliphatic carbocycles. The number of azo groups is 1. The van der Waals surface area contributed by atoms with Crippen molar-refractivity contribution in [3.05, 3.63) is 78.1 Å². The molecule has 5 aromatic rings. The van der Waals surface area contributed by atoms with Crippen LogP contribution in [-0.4, -0.2) is 46.0 Å². The molecule has 0 atom stereocenters. The molecule has 0 aliphatic rings. The number of hydrogen-bond acceptors (Lipinski definition) is 13. The Hall–Kier alpha value is -4.94. The van der Waals surface area contributed by atoms with E-state index in [4.69, 9.17) is 17.3 Å². The summed E-state index contributed by atoms with van der Waals surface area (Å²) in [7, 11) is -9.16. The second kappa shape index (κ2) is 11.4. The van der Waals surface area contributed by atoms with Gasteiger partial charge in [-0.25, -0.2) is 0 Å². The third-order valence-corrected chi connectivity index (χ3v) is 7.67. The van der Waals surface area contributed by atoms with E-state index in [9.17, 15) is 31.0 Å². The van der Waals surface area contributed by atoms with Crippen molar-refractivity contribution in [2.75, 3.05) is 16.4 Å². The Morgan fingerprint density at radius 1 is 0.767 bits per heavy atom. The van der Waals surface area contributed by atoms with E-state index >= 15 is 0 Å². The topological polar surface area (TPSA) is 242 Å². The normalized spacial score (nSPS) is 12.1. The molecular formula is C25H19ClN8O7S2. The van der Waals surface area contributed by atoms with Crippen LogP contribution in [0, 0.1) is 0 Å². The number of hydrogen-bond donors (Lipinski definition) is 6. The maximum Gasteiger partial charge on any atom is 0.296 e. The van der Waals surface area contributed by atoms with Crippen LogP contribution in [0.4, 0.5) is 40.3 Å². The van der Waals surface area contributed by atoms with Gasteiger partial charge in [-0.05, 0) is 71.6 Å². The molecule has 1 aromatic heterocycles. The standard InChI is InChI=1S/C25H19ClN8O7S2/c26-23-30-24(32-25(31-23)29-16-4-2-5-17(12-16)42(36,37)38)28-14-7-9-15(10-8-14)33-34-22-19(43(39,40)41)11-13-3-1-6-18(35)20(13)21(22)27/h1-12,35H,27H2,(H,36,37,38)(H,39,40,41)(H2,28,29,30,31,32). The van der Waals surface area contributed by atoms with E-state index < -0.39 is 25.1 Å². The van der Waals surface area contributed by atoms with E-state index in [1.807, 2.05) is 0 Å². The quantitative estimate of drug-likeness (QED) is 0.0709. The number of rotatable bonds is 8. The minimum absolute atomic E-state index is 0.0194. The number of aromatic hydroxyl groups is 1. The fraction of sp³-hybridized carbons (Fsp3) is 0. The zero-order valence-corrected chi connectivity index (χ0v) is 23.8. The maximum absolute atomic E-state index is 12.0. The first-order valence-electron chi connectivity index (χ1n) is 11.8. The first-order valence-corrected chi connectivity index (χ1v) is 15.1. The van der Waals surface area contributed by atoms with Gasteiger partial charge < -0.3 is 21.5 Å². The van der Waals surface area contributed by atoms with Crippen molar-refractivity contribution in [2.45, 2.75) is 9.79 Å². The predicted molar refractivity (Wildman–Crippen MR) is 158 cm³/mol. The molecule has 0 amide bonds. The molecular weight excluding hydrogens is 624 g/mol. The summed E-state index contributed by atoms with van der Waals surface area (Å²) in [6.45, 7) is 0. The monoisotopic (exact) mass is 642 g/mol. The number of nitrogens with one attached hydrogen (secondary N) is 2. The first kappa shape index (κ1) is 29.5. The molecule has 0 fully saturated rings. The highest BCUT2D eigenvalue weighted by Gasteiger charge is 2.22. The largest absolute Gasteiger partial charge is 0.507 e. The molecule has 7 N–H and O–H groups in total. The molecule has 18 heteroatoms. The van der Waals surface area contributed by atoms with Crippen molar-refractivity contribution in [1.29, 1.82) is 0 Å². The second-order valence-corrected chi connectivity index (χ2v) is 11.9. The fourth-order valence-electron chi connectivity index (χ4n) is 3.91. The van der Waals surface area contributed by atoms with Crippen molar-refractivity contribution in [3.8, 4) is 5.75 Å². The Morgan fingerprint density at radius 3 is 2.07 bits per heavy atom. The van der Waals surface area contributed by atoms with Gasteiger partial charge in [-0.1, -0.05) is 18.2 Å². The number of nitrogens with two attached hydrogens (primary N) is 1. The summed E-state index contributed by atoms with van der Waals surface area (Å²) in [6.07, 6.45) is 0. The summed E-state index contributed by atoms with van der Waals surface area (Å²) in [4.78, 5) is 11.2. The van der Waals surface area contributed by atoms with Crippen LogP contribution >= 0.6 is 11.6 Å². The first-order chi connectivity index (χ1) is 20.3. The second-order valence-electron chi connectivity index (χ2n) is 8.74. The Kier molecular flexibility index (Phi) is 7.82. The van der Waals surface area contributed by atoms with Crippen LogP contribution < -0.4 is 16.4 Å². The van der Waals surface area contributed by atoms with Gasteiger partial charge in [0, 0.05) is 16.8 Å². The van der Waals surface area contributed by atoms with Gasteiger partial charge in [-0.2, -0.15) is 36.9 Å². The lowest BCUT2D eigenvalue weighted by Crippen LogP contribution is -2.05. The minimum atomic E-state index is -4.74.